The molecule has 1 aromatic heterocycles. The third-order valence-corrected chi connectivity index (χ3v) is 6.23. The fraction of sp³-hybridized carbons (Fsp3) is 0.250. The molecule has 126 valence electrons. The van der Waals surface area contributed by atoms with Gasteiger partial charge >= 0.3 is 5.97 Å². The van der Waals surface area contributed by atoms with E-state index in [1.807, 2.05) is 0 Å². The minimum absolute atomic E-state index is 0.0366. The molecule has 24 heavy (non-hydrogen) atoms. The van der Waals surface area contributed by atoms with Crippen LogP contribution in [0.15, 0.2) is 35.2 Å². The topological polar surface area (TPSA) is 96.7 Å². The molecule has 1 N–H and O–H groups in total. The van der Waals surface area contributed by atoms with Gasteiger partial charge in [-0.25, -0.2) is 17.5 Å². The van der Waals surface area contributed by atoms with Crippen LogP contribution < -0.4 is 0 Å². The Labute approximate surface area is 139 Å². The molecule has 1 amide bonds. The number of aromatic nitrogens is 1. The van der Waals surface area contributed by atoms with Crippen molar-refractivity contribution in [1.29, 1.82) is 0 Å². The lowest BCUT2D eigenvalue weighted by Crippen LogP contribution is -2.42. The van der Waals surface area contributed by atoms with Crippen molar-refractivity contribution < 1.29 is 23.1 Å². The van der Waals surface area contributed by atoms with Crippen molar-refractivity contribution in [3.8, 4) is 0 Å². The van der Waals surface area contributed by atoms with Crippen LogP contribution in [-0.2, 0) is 23.5 Å². The van der Waals surface area contributed by atoms with Gasteiger partial charge in [0.15, 0.2) is 0 Å². The predicted octanol–water partition coefficient (Wildman–Crippen LogP) is 1.42. The van der Waals surface area contributed by atoms with Crippen molar-refractivity contribution >= 4 is 21.9 Å². The summed E-state index contributed by atoms with van der Waals surface area (Å²) in [6, 6.07) is 7.98. The number of carboxylic acids is 1. The molecule has 0 radical (unpaired) electrons. The van der Waals surface area contributed by atoms with E-state index >= 15 is 0 Å². The first-order valence-corrected chi connectivity index (χ1v) is 8.73. The predicted molar refractivity (Wildman–Crippen MR) is 85.5 cm³/mol. The van der Waals surface area contributed by atoms with Crippen molar-refractivity contribution in [1.82, 2.24) is 8.87 Å². The van der Waals surface area contributed by atoms with E-state index in [0.29, 0.717) is 12.0 Å². The number of aromatic carboxylic acids is 1. The number of rotatable bonds is 3. The van der Waals surface area contributed by atoms with E-state index in [-0.39, 0.29) is 22.8 Å². The molecule has 1 aromatic carbocycles. The van der Waals surface area contributed by atoms with Crippen LogP contribution in [0.4, 0.5) is 0 Å². The highest BCUT2D eigenvalue weighted by atomic mass is 32.2. The van der Waals surface area contributed by atoms with Crippen LogP contribution in [0.2, 0.25) is 0 Å². The van der Waals surface area contributed by atoms with Crippen LogP contribution >= 0.6 is 0 Å². The SMILES string of the molecule is Cc1c(S(=O)(=O)N2CCc3ccccc3C2=O)cc(C(=O)O)n1C. The molecule has 2 heterocycles. The minimum Gasteiger partial charge on any atom is -0.477 e. The van der Waals surface area contributed by atoms with Crippen LogP contribution in [0.25, 0.3) is 0 Å². The van der Waals surface area contributed by atoms with E-state index < -0.39 is 21.9 Å². The summed E-state index contributed by atoms with van der Waals surface area (Å²) in [5.74, 6) is -1.81. The van der Waals surface area contributed by atoms with Crippen molar-refractivity contribution in [2.45, 2.75) is 18.2 Å². The zero-order chi connectivity index (χ0) is 17.6. The smallest absolute Gasteiger partial charge is 0.352 e. The molecule has 7 nitrogen and oxygen atoms in total. The lowest BCUT2D eigenvalue weighted by atomic mass is 10.0. The van der Waals surface area contributed by atoms with Gasteiger partial charge in [-0.2, -0.15) is 0 Å². The Hall–Kier alpha value is -2.61. The molecule has 2 aromatic rings. The van der Waals surface area contributed by atoms with Crippen LogP contribution in [0, 0.1) is 6.92 Å². The number of fused-ring (bicyclic) bond motifs is 1. The van der Waals surface area contributed by atoms with Crippen LogP contribution in [0.1, 0.15) is 32.1 Å². The Morgan fingerprint density at radius 2 is 1.92 bits per heavy atom. The van der Waals surface area contributed by atoms with Gasteiger partial charge in [0.2, 0.25) is 0 Å². The average molecular weight is 348 g/mol. The van der Waals surface area contributed by atoms with Crippen LogP contribution in [0.3, 0.4) is 0 Å². The summed E-state index contributed by atoms with van der Waals surface area (Å²) >= 11 is 0. The summed E-state index contributed by atoms with van der Waals surface area (Å²) in [7, 11) is -2.64. The van der Waals surface area contributed by atoms with Crippen LogP contribution in [-0.4, -0.2) is 40.8 Å². The average Bonchev–Trinajstić information content (AvgIpc) is 2.84. The van der Waals surface area contributed by atoms with E-state index in [0.717, 1.165) is 15.9 Å². The van der Waals surface area contributed by atoms with E-state index in [9.17, 15) is 18.0 Å². The van der Waals surface area contributed by atoms with Gasteiger partial charge in [-0.1, -0.05) is 18.2 Å². The van der Waals surface area contributed by atoms with Gasteiger partial charge in [0.1, 0.15) is 10.6 Å². The van der Waals surface area contributed by atoms with Crippen molar-refractivity contribution in [2.75, 3.05) is 6.54 Å². The molecule has 0 bridgehead atoms. The number of carbonyl (C=O) groups is 2. The Balaban J connectivity index is 2.09. The van der Waals surface area contributed by atoms with Gasteiger partial charge in [-0.15, -0.1) is 0 Å². The number of amides is 1. The molecular formula is C16H16N2O5S. The number of hydrogen-bond donors (Lipinski definition) is 1. The van der Waals surface area contributed by atoms with Gasteiger partial charge in [0.25, 0.3) is 15.9 Å². The maximum atomic E-state index is 12.9. The zero-order valence-corrected chi connectivity index (χ0v) is 14.0. The molecule has 3 rings (SSSR count). The fourth-order valence-electron chi connectivity index (χ4n) is 2.89. The normalized spacial score (nSPS) is 14.6. The highest BCUT2D eigenvalue weighted by Gasteiger charge is 2.36. The Kier molecular flexibility index (Phi) is 3.71. The first-order valence-electron chi connectivity index (χ1n) is 7.29. The van der Waals surface area contributed by atoms with Crippen LogP contribution in [0.5, 0.6) is 0 Å². The van der Waals surface area contributed by atoms with E-state index in [4.69, 9.17) is 5.11 Å². The summed E-state index contributed by atoms with van der Waals surface area (Å²) in [5.41, 5.74) is 1.30. The maximum absolute atomic E-state index is 12.9. The number of hydrogen-bond acceptors (Lipinski definition) is 4. The monoisotopic (exact) mass is 348 g/mol. The molecule has 0 aliphatic carbocycles. The van der Waals surface area contributed by atoms with Gasteiger partial charge in [-0.3, -0.25) is 4.79 Å². The molecular weight excluding hydrogens is 332 g/mol. The number of nitrogens with zero attached hydrogens (tertiary/aromatic N) is 2. The summed E-state index contributed by atoms with van der Waals surface area (Å²) in [4.78, 5) is 23.7. The highest BCUT2D eigenvalue weighted by molar-refractivity contribution is 7.89. The second-order valence-corrected chi connectivity index (χ2v) is 7.46. The first kappa shape index (κ1) is 16.3. The lowest BCUT2D eigenvalue weighted by Gasteiger charge is -2.27. The second kappa shape index (κ2) is 5.48. The van der Waals surface area contributed by atoms with E-state index in [1.54, 1.807) is 24.3 Å². The Morgan fingerprint density at radius 1 is 1.25 bits per heavy atom. The molecule has 0 fully saturated rings. The summed E-state index contributed by atoms with van der Waals surface area (Å²) < 4.78 is 27.9. The summed E-state index contributed by atoms with van der Waals surface area (Å²) in [6.45, 7) is 1.55. The Bertz CT molecular complexity index is 959. The molecule has 8 heteroatoms. The molecule has 0 unspecified atom stereocenters. The molecule has 0 atom stereocenters. The van der Waals surface area contributed by atoms with Crippen molar-refractivity contribution in [2.24, 2.45) is 7.05 Å². The number of carboxylic acid groups (broad SMARTS) is 1. The van der Waals surface area contributed by atoms with Gasteiger partial charge in [-0.05, 0) is 31.0 Å². The van der Waals surface area contributed by atoms with E-state index in [1.165, 1.54) is 18.5 Å². The Morgan fingerprint density at radius 3 is 2.54 bits per heavy atom. The number of carbonyl (C=O) groups excluding carboxylic acids is 1. The molecule has 1 aliphatic heterocycles. The number of sulfonamides is 1. The molecule has 0 saturated heterocycles. The molecule has 0 saturated carbocycles. The third kappa shape index (κ3) is 2.30. The molecule has 0 spiro atoms. The largest absolute Gasteiger partial charge is 0.477 e. The number of benzene rings is 1. The zero-order valence-electron chi connectivity index (χ0n) is 13.2. The molecule has 1 aliphatic rings. The lowest BCUT2D eigenvalue weighted by molar-refractivity contribution is 0.0685. The van der Waals surface area contributed by atoms with Crippen molar-refractivity contribution in [3.05, 3.63) is 52.8 Å². The second-order valence-electron chi connectivity index (χ2n) is 5.63. The summed E-state index contributed by atoms with van der Waals surface area (Å²) in [6.07, 6.45) is 0.429. The third-order valence-electron chi connectivity index (χ3n) is 4.33. The summed E-state index contributed by atoms with van der Waals surface area (Å²) in [5, 5.41) is 9.17. The van der Waals surface area contributed by atoms with Gasteiger partial charge in [0.05, 0.1) is 0 Å². The van der Waals surface area contributed by atoms with E-state index in [2.05, 4.69) is 0 Å². The van der Waals surface area contributed by atoms with Gasteiger partial charge < -0.3 is 9.67 Å². The van der Waals surface area contributed by atoms with Gasteiger partial charge in [0, 0.05) is 24.8 Å². The fourth-order valence-corrected chi connectivity index (χ4v) is 4.55. The first-order chi connectivity index (χ1) is 11.2. The standard InChI is InChI=1S/C16H16N2O5S/c1-10-14(9-13(16(20)21)17(10)2)24(22,23)18-8-7-11-5-3-4-6-12(11)15(18)19/h3-6,9H,7-8H2,1-2H3,(H,20,21). The highest BCUT2D eigenvalue weighted by Crippen LogP contribution is 2.28. The quantitative estimate of drug-likeness (QED) is 0.905. The van der Waals surface area contributed by atoms with Crippen molar-refractivity contribution in [3.63, 3.8) is 0 Å². The maximum Gasteiger partial charge on any atom is 0.352 e. The minimum atomic E-state index is -4.12.